The molecule has 0 aromatic carbocycles. The maximum absolute atomic E-state index is 11.3. The van der Waals surface area contributed by atoms with Crippen molar-refractivity contribution in [2.75, 3.05) is 6.54 Å². The summed E-state index contributed by atoms with van der Waals surface area (Å²) in [6.07, 6.45) is 0.460. The first-order valence-electron chi connectivity index (χ1n) is 4.24. The van der Waals surface area contributed by atoms with Gasteiger partial charge in [-0.25, -0.2) is 0 Å². The molecule has 72 valence electrons. The van der Waals surface area contributed by atoms with Crippen molar-refractivity contribution in [2.45, 2.75) is 19.4 Å². The molecule has 0 bridgehead atoms. The van der Waals surface area contributed by atoms with Gasteiger partial charge in [0.25, 0.3) is 0 Å². The molecule has 1 amide bonds. The number of hydrogen-bond donors (Lipinski definition) is 2. The first kappa shape index (κ1) is 10.2. The lowest BCUT2D eigenvalue weighted by molar-refractivity contribution is -0.120. The predicted octanol–water partition coefficient (Wildman–Crippen LogP) is 0.754. The van der Waals surface area contributed by atoms with E-state index in [0.29, 0.717) is 13.0 Å². The van der Waals surface area contributed by atoms with Crippen LogP contribution in [0.5, 0.6) is 0 Å². The fourth-order valence-corrected chi connectivity index (χ4v) is 1.66. The van der Waals surface area contributed by atoms with Crippen LogP contribution in [0.2, 0.25) is 0 Å². The number of nitrogens with two attached hydrogens (primary N) is 1. The second-order valence-corrected chi connectivity index (χ2v) is 3.99. The number of thiophene rings is 1. The highest BCUT2D eigenvalue weighted by atomic mass is 32.1. The van der Waals surface area contributed by atoms with Crippen molar-refractivity contribution in [1.82, 2.24) is 5.32 Å². The molecule has 1 heterocycles. The Morgan fingerprint density at radius 3 is 3.08 bits per heavy atom. The molecule has 3 nitrogen and oxygen atoms in total. The summed E-state index contributed by atoms with van der Waals surface area (Å²) in [7, 11) is 0. The van der Waals surface area contributed by atoms with Gasteiger partial charge in [-0.15, -0.1) is 11.3 Å². The molecule has 1 atom stereocenters. The molecule has 1 aromatic rings. The van der Waals surface area contributed by atoms with Crippen LogP contribution in [0.1, 0.15) is 11.8 Å². The highest BCUT2D eigenvalue weighted by Crippen LogP contribution is 2.08. The summed E-state index contributed by atoms with van der Waals surface area (Å²) in [6, 6.07) is 3.96. The van der Waals surface area contributed by atoms with Crippen molar-refractivity contribution in [3.8, 4) is 0 Å². The third-order valence-electron chi connectivity index (χ3n) is 1.68. The molecule has 0 aliphatic heterocycles. The lowest BCUT2D eigenvalue weighted by Gasteiger charge is -2.10. The lowest BCUT2D eigenvalue weighted by Crippen LogP contribution is -2.38. The Balaban J connectivity index is 2.34. The standard InChI is InChI=1S/C9H14N2OS/c1-7(6-10)11-9(12)5-8-3-2-4-13-8/h2-4,7H,5-6,10H2,1H3,(H,11,12). The smallest absolute Gasteiger partial charge is 0.225 e. The largest absolute Gasteiger partial charge is 0.352 e. The molecule has 0 radical (unpaired) electrons. The van der Waals surface area contributed by atoms with Gasteiger partial charge in [-0.2, -0.15) is 0 Å². The van der Waals surface area contributed by atoms with Crippen LogP contribution in [-0.4, -0.2) is 18.5 Å². The van der Waals surface area contributed by atoms with Gasteiger partial charge < -0.3 is 11.1 Å². The summed E-state index contributed by atoms with van der Waals surface area (Å²) in [5.41, 5.74) is 5.38. The molecule has 0 aliphatic carbocycles. The van der Waals surface area contributed by atoms with E-state index in [4.69, 9.17) is 5.73 Å². The molecule has 4 heteroatoms. The fraction of sp³-hybridized carbons (Fsp3) is 0.444. The van der Waals surface area contributed by atoms with Gasteiger partial charge in [-0.3, -0.25) is 4.79 Å². The normalized spacial score (nSPS) is 12.5. The van der Waals surface area contributed by atoms with Crippen molar-refractivity contribution in [2.24, 2.45) is 5.73 Å². The summed E-state index contributed by atoms with van der Waals surface area (Å²) < 4.78 is 0. The summed E-state index contributed by atoms with van der Waals surface area (Å²) >= 11 is 1.59. The van der Waals surface area contributed by atoms with E-state index in [1.165, 1.54) is 0 Å². The first-order chi connectivity index (χ1) is 6.22. The van der Waals surface area contributed by atoms with Crippen LogP contribution >= 0.6 is 11.3 Å². The maximum atomic E-state index is 11.3. The molecule has 13 heavy (non-hydrogen) atoms. The van der Waals surface area contributed by atoms with Crippen LogP contribution in [0.15, 0.2) is 17.5 Å². The number of rotatable bonds is 4. The summed E-state index contributed by atoms with van der Waals surface area (Å²) in [5.74, 6) is 0.0420. The van der Waals surface area contributed by atoms with Crippen LogP contribution in [-0.2, 0) is 11.2 Å². The Morgan fingerprint density at radius 2 is 2.54 bits per heavy atom. The number of hydrogen-bond acceptors (Lipinski definition) is 3. The Hall–Kier alpha value is -0.870. The topological polar surface area (TPSA) is 55.1 Å². The SMILES string of the molecule is CC(CN)NC(=O)Cc1cccs1. The average Bonchev–Trinajstić information content (AvgIpc) is 2.56. The van der Waals surface area contributed by atoms with E-state index in [1.54, 1.807) is 11.3 Å². The van der Waals surface area contributed by atoms with E-state index in [0.717, 1.165) is 4.88 Å². The molecule has 1 unspecified atom stereocenters. The van der Waals surface area contributed by atoms with Gasteiger partial charge in [-0.05, 0) is 18.4 Å². The van der Waals surface area contributed by atoms with Crippen LogP contribution < -0.4 is 11.1 Å². The molecular formula is C9H14N2OS. The number of carbonyl (C=O) groups excluding carboxylic acids is 1. The molecule has 0 spiro atoms. The van der Waals surface area contributed by atoms with Crippen molar-refractivity contribution >= 4 is 17.2 Å². The highest BCUT2D eigenvalue weighted by Gasteiger charge is 2.06. The first-order valence-corrected chi connectivity index (χ1v) is 5.12. The molecule has 0 fully saturated rings. The van der Waals surface area contributed by atoms with Crippen LogP contribution in [0, 0.1) is 0 Å². The minimum atomic E-state index is 0.0420. The van der Waals surface area contributed by atoms with Gasteiger partial charge in [0, 0.05) is 17.5 Å². The molecular weight excluding hydrogens is 184 g/mol. The van der Waals surface area contributed by atoms with E-state index in [2.05, 4.69) is 5.32 Å². The van der Waals surface area contributed by atoms with Gasteiger partial charge in [0.15, 0.2) is 0 Å². The van der Waals surface area contributed by atoms with Crippen LogP contribution in [0.25, 0.3) is 0 Å². The van der Waals surface area contributed by atoms with Crippen molar-refractivity contribution in [1.29, 1.82) is 0 Å². The third-order valence-corrected chi connectivity index (χ3v) is 2.55. The van der Waals surface area contributed by atoms with Crippen LogP contribution in [0.4, 0.5) is 0 Å². The van der Waals surface area contributed by atoms with Crippen LogP contribution in [0.3, 0.4) is 0 Å². The van der Waals surface area contributed by atoms with E-state index in [-0.39, 0.29) is 11.9 Å². The van der Waals surface area contributed by atoms with Crippen molar-refractivity contribution < 1.29 is 4.79 Å². The Labute approximate surface area is 81.9 Å². The number of amides is 1. The van der Waals surface area contributed by atoms with Crippen molar-refractivity contribution in [3.05, 3.63) is 22.4 Å². The molecule has 1 aromatic heterocycles. The Kier molecular flexibility index (Phi) is 3.92. The lowest BCUT2D eigenvalue weighted by atomic mass is 10.3. The monoisotopic (exact) mass is 198 g/mol. The minimum Gasteiger partial charge on any atom is -0.352 e. The van der Waals surface area contributed by atoms with E-state index >= 15 is 0 Å². The molecule has 3 N–H and O–H groups in total. The minimum absolute atomic E-state index is 0.0420. The summed E-state index contributed by atoms with van der Waals surface area (Å²) in [5, 5.41) is 4.78. The van der Waals surface area contributed by atoms with Gasteiger partial charge in [0.05, 0.1) is 6.42 Å². The number of carbonyl (C=O) groups is 1. The van der Waals surface area contributed by atoms with Crippen molar-refractivity contribution in [3.63, 3.8) is 0 Å². The summed E-state index contributed by atoms with van der Waals surface area (Å²) in [6.45, 7) is 2.38. The zero-order valence-corrected chi connectivity index (χ0v) is 8.43. The van der Waals surface area contributed by atoms with Gasteiger partial charge in [0.1, 0.15) is 0 Å². The van der Waals surface area contributed by atoms with E-state index < -0.39 is 0 Å². The van der Waals surface area contributed by atoms with Gasteiger partial charge >= 0.3 is 0 Å². The van der Waals surface area contributed by atoms with E-state index in [9.17, 15) is 4.79 Å². The van der Waals surface area contributed by atoms with Gasteiger partial charge in [0.2, 0.25) is 5.91 Å². The molecule has 0 aliphatic rings. The Morgan fingerprint density at radius 1 is 1.77 bits per heavy atom. The predicted molar refractivity (Wildman–Crippen MR) is 54.7 cm³/mol. The quantitative estimate of drug-likeness (QED) is 0.750. The third kappa shape index (κ3) is 3.57. The molecule has 0 saturated carbocycles. The molecule has 0 saturated heterocycles. The Bertz CT molecular complexity index is 259. The van der Waals surface area contributed by atoms with Gasteiger partial charge in [-0.1, -0.05) is 6.07 Å². The zero-order valence-electron chi connectivity index (χ0n) is 7.62. The highest BCUT2D eigenvalue weighted by molar-refractivity contribution is 7.10. The maximum Gasteiger partial charge on any atom is 0.225 e. The fourth-order valence-electron chi connectivity index (χ4n) is 0.956. The second kappa shape index (κ2) is 4.99. The van der Waals surface area contributed by atoms with E-state index in [1.807, 2.05) is 24.4 Å². The summed E-state index contributed by atoms with van der Waals surface area (Å²) in [4.78, 5) is 12.4. The average molecular weight is 198 g/mol. The zero-order chi connectivity index (χ0) is 9.68. The second-order valence-electron chi connectivity index (χ2n) is 2.96. The molecule has 1 rings (SSSR count). The number of nitrogens with one attached hydrogen (secondary N) is 1.